The molecule has 11 heteroatoms. The minimum absolute atomic E-state index is 0.0352. The molecule has 2 aliphatic rings. The lowest BCUT2D eigenvalue weighted by Crippen LogP contribution is -2.47. The SMILES string of the molecule is CC(=O)NCCCOCCOCCOCCCNC(=O)[C@H](CCCCNC(=O)CCCCCCCCC1=C(C)CCCC1(C)C)NC(=O)CCCCCCCCC1=C(C)CCCC1(C)C. The van der Waals surface area contributed by atoms with Crippen molar-refractivity contribution in [1.29, 1.82) is 0 Å². The summed E-state index contributed by atoms with van der Waals surface area (Å²) < 4.78 is 16.7. The third-order valence-corrected chi connectivity index (χ3v) is 13.8. The lowest BCUT2D eigenvalue weighted by Gasteiger charge is -2.34. The topological polar surface area (TPSA) is 144 Å². The van der Waals surface area contributed by atoms with Crippen LogP contribution in [-0.2, 0) is 33.4 Å². The molecule has 4 N–H and O–H groups in total. The molecule has 0 saturated carbocycles. The Hall–Kier alpha value is -2.76. The highest BCUT2D eigenvalue weighted by Gasteiger charge is 2.28. The number of carbonyl (C=O) groups is 4. The van der Waals surface area contributed by atoms with Gasteiger partial charge in [-0.2, -0.15) is 0 Å². The van der Waals surface area contributed by atoms with Gasteiger partial charge in [-0.1, -0.05) is 101 Å². The van der Waals surface area contributed by atoms with Crippen LogP contribution in [0.3, 0.4) is 0 Å². The second-order valence-corrected chi connectivity index (χ2v) is 20.5. The van der Waals surface area contributed by atoms with Crippen molar-refractivity contribution in [3.8, 4) is 0 Å². The van der Waals surface area contributed by atoms with E-state index < -0.39 is 6.04 Å². The molecule has 0 heterocycles. The van der Waals surface area contributed by atoms with E-state index in [0.717, 1.165) is 51.4 Å². The lowest BCUT2D eigenvalue weighted by atomic mass is 9.71. The predicted octanol–water partition coefficient (Wildman–Crippen LogP) is 11.1. The minimum Gasteiger partial charge on any atom is -0.379 e. The van der Waals surface area contributed by atoms with E-state index in [9.17, 15) is 19.2 Å². The summed E-state index contributed by atoms with van der Waals surface area (Å²) in [7, 11) is 0. The Labute approximate surface area is 397 Å². The van der Waals surface area contributed by atoms with Crippen LogP contribution in [0.25, 0.3) is 0 Å². The van der Waals surface area contributed by atoms with Gasteiger partial charge in [0.05, 0.1) is 26.4 Å². The van der Waals surface area contributed by atoms with Gasteiger partial charge in [0.15, 0.2) is 0 Å². The molecule has 0 unspecified atom stereocenters. The first-order valence-corrected chi connectivity index (χ1v) is 26.4. The summed E-state index contributed by atoms with van der Waals surface area (Å²) in [6.45, 7) is 20.4. The van der Waals surface area contributed by atoms with Crippen LogP contribution < -0.4 is 21.3 Å². The van der Waals surface area contributed by atoms with Gasteiger partial charge >= 0.3 is 0 Å². The smallest absolute Gasteiger partial charge is 0.242 e. The summed E-state index contributed by atoms with van der Waals surface area (Å²) in [6.07, 6.45) is 28.3. The van der Waals surface area contributed by atoms with E-state index in [1.54, 1.807) is 22.3 Å². The zero-order chi connectivity index (χ0) is 47.6. The third kappa shape index (κ3) is 28.2. The Morgan fingerprint density at radius 2 is 0.938 bits per heavy atom. The molecule has 4 amide bonds. The van der Waals surface area contributed by atoms with Gasteiger partial charge in [0.2, 0.25) is 23.6 Å². The summed E-state index contributed by atoms with van der Waals surface area (Å²) in [6, 6.07) is -0.600. The predicted molar refractivity (Wildman–Crippen MR) is 267 cm³/mol. The highest BCUT2D eigenvalue weighted by Crippen LogP contribution is 2.43. The molecule has 0 bridgehead atoms. The van der Waals surface area contributed by atoms with Gasteiger partial charge in [-0.25, -0.2) is 0 Å². The summed E-state index contributed by atoms with van der Waals surface area (Å²) in [5.74, 6) is -0.171. The van der Waals surface area contributed by atoms with Crippen molar-refractivity contribution < 1.29 is 33.4 Å². The Balaban J connectivity index is 1.62. The number of hydrogen-bond acceptors (Lipinski definition) is 7. The van der Waals surface area contributed by atoms with Crippen LogP contribution in [-0.4, -0.2) is 88.9 Å². The molecular formula is C54H98N4O7. The second-order valence-electron chi connectivity index (χ2n) is 20.5. The number of amides is 4. The Kier molecular flexibility index (Phi) is 31.8. The number of allylic oxidation sites excluding steroid dienone is 4. The van der Waals surface area contributed by atoms with Gasteiger partial charge in [-0.15, -0.1) is 0 Å². The fourth-order valence-corrected chi connectivity index (χ4v) is 9.86. The maximum atomic E-state index is 13.3. The number of nitrogens with one attached hydrogen (secondary N) is 4. The van der Waals surface area contributed by atoms with Crippen molar-refractivity contribution in [3.05, 3.63) is 22.3 Å². The number of rotatable bonds is 39. The van der Waals surface area contributed by atoms with Crippen LogP contribution in [0.1, 0.15) is 222 Å². The van der Waals surface area contributed by atoms with E-state index in [-0.39, 0.29) is 23.6 Å². The zero-order valence-corrected chi connectivity index (χ0v) is 42.9. The van der Waals surface area contributed by atoms with E-state index in [2.05, 4.69) is 62.8 Å². The van der Waals surface area contributed by atoms with E-state index in [0.29, 0.717) is 95.8 Å². The number of unbranched alkanes of at least 4 members (excludes halogenated alkanes) is 11. The summed E-state index contributed by atoms with van der Waals surface area (Å²) in [4.78, 5) is 49.8. The molecule has 1 atom stereocenters. The number of ether oxygens (including phenoxy) is 3. The molecule has 0 aromatic carbocycles. The van der Waals surface area contributed by atoms with Crippen LogP contribution >= 0.6 is 0 Å². The Bertz CT molecular complexity index is 1410. The van der Waals surface area contributed by atoms with E-state index in [1.807, 2.05) is 0 Å². The van der Waals surface area contributed by atoms with E-state index >= 15 is 0 Å². The van der Waals surface area contributed by atoms with Crippen LogP contribution in [0.5, 0.6) is 0 Å². The largest absolute Gasteiger partial charge is 0.379 e. The molecule has 0 fully saturated rings. The summed E-state index contributed by atoms with van der Waals surface area (Å²) in [5, 5.41) is 11.8. The van der Waals surface area contributed by atoms with Crippen molar-refractivity contribution in [2.45, 2.75) is 228 Å². The van der Waals surface area contributed by atoms with Crippen molar-refractivity contribution in [3.63, 3.8) is 0 Å². The average Bonchev–Trinajstić information content (AvgIpc) is 3.24. The molecule has 65 heavy (non-hydrogen) atoms. The van der Waals surface area contributed by atoms with Gasteiger partial charge < -0.3 is 35.5 Å². The highest BCUT2D eigenvalue weighted by molar-refractivity contribution is 5.87. The molecule has 11 nitrogen and oxygen atoms in total. The second kappa shape index (κ2) is 35.4. The number of hydrogen-bond donors (Lipinski definition) is 4. The van der Waals surface area contributed by atoms with Crippen LogP contribution in [0, 0.1) is 10.8 Å². The van der Waals surface area contributed by atoms with Crippen molar-refractivity contribution in [1.82, 2.24) is 21.3 Å². The number of carbonyl (C=O) groups excluding carboxylic acids is 4. The molecule has 0 aliphatic heterocycles. The maximum absolute atomic E-state index is 13.3. The molecule has 0 aromatic heterocycles. The molecular weight excluding hydrogens is 817 g/mol. The standard InChI is InChI=1S/C54H98N4O7/c1-44-26-22-33-53(4,5)47(44)28-16-12-8-10-14-18-31-50(60)56-35-21-20-30-49(52(62)57-37-25-39-64-41-43-65-42-40-63-38-24-36-55-46(3)59)58-51(61)32-19-15-11-9-13-17-29-48-45(2)27-23-34-54(48,6)7/h49H,8-43H2,1-7H3,(H,55,59)(H,56,60)(H,57,62)(H,58,61)/t49-/m0/s1. The fraction of sp³-hybridized carbons (Fsp3) is 0.852. The van der Waals surface area contributed by atoms with Gasteiger partial charge in [0.1, 0.15) is 6.04 Å². The van der Waals surface area contributed by atoms with Gasteiger partial charge in [-0.05, 0) is 134 Å². The monoisotopic (exact) mass is 915 g/mol. The molecule has 0 saturated heterocycles. The van der Waals surface area contributed by atoms with Crippen molar-refractivity contribution >= 4 is 23.6 Å². The zero-order valence-electron chi connectivity index (χ0n) is 42.9. The van der Waals surface area contributed by atoms with Crippen molar-refractivity contribution in [2.24, 2.45) is 10.8 Å². The first-order chi connectivity index (χ1) is 31.2. The van der Waals surface area contributed by atoms with Gasteiger partial charge in [0.25, 0.3) is 0 Å². The fourth-order valence-electron chi connectivity index (χ4n) is 9.86. The molecule has 0 aromatic rings. The van der Waals surface area contributed by atoms with E-state index in [4.69, 9.17) is 14.2 Å². The molecule has 2 rings (SSSR count). The maximum Gasteiger partial charge on any atom is 0.242 e. The van der Waals surface area contributed by atoms with E-state index in [1.165, 1.54) is 103 Å². The molecule has 2 aliphatic carbocycles. The normalized spacial score (nSPS) is 16.4. The summed E-state index contributed by atoms with van der Waals surface area (Å²) in [5.41, 5.74) is 7.36. The first-order valence-electron chi connectivity index (χ1n) is 26.4. The average molecular weight is 915 g/mol. The van der Waals surface area contributed by atoms with Crippen LogP contribution in [0.15, 0.2) is 22.3 Å². The van der Waals surface area contributed by atoms with Crippen LogP contribution in [0.4, 0.5) is 0 Å². The third-order valence-electron chi connectivity index (χ3n) is 13.8. The Morgan fingerprint density at radius 1 is 0.508 bits per heavy atom. The van der Waals surface area contributed by atoms with Crippen LogP contribution in [0.2, 0.25) is 0 Å². The molecule has 376 valence electrons. The van der Waals surface area contributed by atoms with Gasteiger partial charge in [-0.3, -0.25) is 19.2 Å². The lowest BCUT2D eigenvalue weighted by molar-refractivity contribution is -0.129. The van der Waals surface area contributed by atoms with Gasteiger partial charge in [0, 0.05) is 52.6 Å². The van der Waals surface area contributed by atoms with Crippen molar-refractivity contribution in [2.75, 3.05) is 59.3 Å². The molecule has 0 radical (unpaired) electrons. The first kappa shape index (κ1) is 58.4. The minimum atomic E-state index is -0.600. The Morgan fingerprint density at radius 3 is 1.43 bits per heavy atom. The quantitative estimate of drug-likeness (QED) is 0.0355. The summed E-state index contributed by atoms with van der Waals surface area (Å²) >= 11 is 0. The molecule has 0 spiro atoms. The highest BCUT2D eigenvalue weighted by atomic mass is 16.5.